The Morgan fingerprint density at radius 2 is 1.82 bits per heavy atom. The lowest BCUT2D eigenvalue weighted by Gasteiger charge is -2.33. The lowest BCUT2D eigenvalue weighted by Crippen LogP contribution is -2.50. The summed E-state index contributed by atoms with van der Waals surface area (Å²) in [7, 11) is 3.12. The second-order valence-corrected chi connectivity index (χ2v) is 9.21. The molecule has 3 rings (SSSR count). The molecule has 1 fully saturated rings. The fourth-order valence-corrected chi connectivity index (χ4v) is 4.77. The molecule has 1 aliphatic rings. The van der Waals surface area contributed by atoms with Gasteiger partial charge in [0.2, 0.25) is 11.8 Å². The summed E-state index contributed by atoms with van der Waals surface area (Å²) < 4.78 is 10.5. The van der Waals surface area contributed by atoms with Crippen molar-refractivity contribution in [2.75, 3.05) is 33.9 Å². The van der Waals surface area contributed by atoms with Crippen molar-refractivity contribution >= 4 is 29.1 Å². The number of ether oxygens (including phenoxy) is 2. The van der Waals surface area contributed by atoms with Crippen LogP contribution >= 0.6 is 11.3 Å². The second-order valence-electron chi connectivity index (χ2n) is 8.26. The highest BCUT2D eigenvalue weighted by molar-refractivity contribution is 7.12. The summed E-state index contributed by atoms with van der Waals surface area (Å²) in [4.78, 5) is 41.2. The van der Waals surface area contributed by atoms with Crippen LogP contribution in [0.2, 0.25) is 0 Å². The average Bonchev–Trinajstić information content (AvgIpc) is 3.41. The van der Waals surface area contributed by atoms with E-state index >= 15 is 0 Å². The molecule has 0 radical (unpaired) electrons. The van der Waals surface area contributed by atoms with Gasteiger partial charge in [-0.1, -0.05) is 37.5 Å². The summed E-state index contributed by atoms with van der Waals surface area (Å²) in [6.45, 7) is 0.247. The van der Waals surface area contributed by atoms with E-state index < -0.39 is 6.04 Å². The summed E-state index contributed by atoms with van der Waals surface area (Å²) in [5, 5.41) is 7.63. The maximum absolute atomic E-state index is 13.5. The fourth-order valence-electron chi connectivity index (χ4n) is 4.13. The number of thiophene rings is 1. The molecule has 1 saturated carbocycles. The van der Waals surface area contributed by atoms with Crippen LogP contribution in [0.4, 0.5) is 0 Å². The van der Waals surface area contributed by atoms with E-state index in [2.05, 4.69) is 10.6 Å². The zero-order valence-electron chi connectivity index (χ0n) is 19.7. The lowest BCUT2D eigenvalue weighted by molar-refractivity contribution is -0.141. The van der Waals surface area contributed by atoms with Crippen molar-refractivity contribution in [2.24, 2.45) is 0 Å². The SMILES string of the molecule is COCCN(C(=O)CNC(=O)c1cccs1)C(C(=O)NC1CCCCC1)c1ccc(OC)cc1. The molecule has 2 N–H and O–H groups in total. The monoisotopic (exact) mass is 487 g/mol. The standard InChI is InChI=1S/C25H33N3O5S/c1-32-15-14-28(22(29)17-26-24(30)21-9-6-16-34-21)23(18-10-12-20(33-2)13-11-18)25(31)27-19-7-4-3-5-8-19/h6,9-13,16,19,23H,3-5,7-8,14-15,17H2,1-2H3,(H,26,30)(H,27,31). The van der Waals surface area contributed by atoms with Crippen molar-refractivity contribution in [3.63, 3.8) is 0 Å². The van der Waals surface area contributed by atoms with Gasteiger partial charge in [0.15, 0.2) is 0 Å². The van der Waals surface area contributed by atoms with Crippen LogP contribution in [0.5, 0.6) is 5.75 Å². The largest absolute Gasteiger partial charge is 0.497 e. The fraction of sp³-hybridized carbons (Fsp3) is 0.480. The zero-order valence-corrected chi connectivity index (χ0v) is 20.6. The number of amides is 3. The third-order valence-corrected chi connectivity index (χ3v) is 6.81. The van der Waals surface area contributed by atoms with Gasteiger partial charge >= 0.3 is 0 Å². The smallest absolute Gasteiger partial charge is 0.261 e. The Balaban J connectivity index is 1.82. The van der Waals surface area contributed by atoms with Crippen LogP contribution in [0.1, 0.15) is 53.4 Å². The number of rotatable bonds is 11. The van der Waals surface area contributed by atoms with E-state index in [-0.39, 0.29) is 43.5 Å². The summed E-state index contributed by atoms with van der Waals surface area (Å²) in [6, 6.07) is 9.85. The van der Waals surface area contributed by atoms with E-state index in [1.165, 1.54) is 22.7 Å². The predicted molar refractivity (Wildman–Crippen MR) is 131 cm³/mol. The highest BCUT2D eigenvalue weighted by atomic mass is 32.1. The molecule has 2 aromatic rings. The average molecular weight is 488 g/mol. The Labute approximate surface area is 204 Å². The van der Waals surface area contributed by atoms with E-state index in [0.29, 0.717) is 16.2 Å². The molecule has 0 bridgehead atoms. The van der Waals surface area contributed by atoms with Crippen molar-refractivity contribution in [2.45, 2.75) is 44.2 Å². The molecule has 1 aromatic carbocycles. The molecule has 0 aliphatic heterocycles. The molecule has 34 heavy (non-hydrogen) atoms. The number of carbonyl (C=O) groups is 3. The first-order valence-corrected chi connectivity index (χ1v) is 12.5. The van der Waals surface area contributed by atoms with Crippen molar-refractivity contribution in [3.05, 3.63) is 52.2 Å². The second kappa shape index (κ2) is 13.1. The van der Waals surface area contributed by atoms with Crippen LogP contribution in [0, 0.1) is 0 Å². The third kappa shape index (κ3) is 7.04. The third-order valence-electron chi connectivity index (χ3n) is 5.94. The first-order valence-electron chi connectivity index (χ1n) is 11.6. The van der Waals surface area contributed by atoms with Crippen LogP contribution in [-0.2, 0) is 14.3 Å². The van der Waals surface area contributed by atoms with Gasteiger partial charge in [-0.05, 0) is 42.0 Å². The molecule has 1 atom stereocenters. The number of nitrogens with one attached hydrogen (secondary N) is 2. The maximum atomic E-state index is 13.5. The number of carbonyl (C=O) groups excluding carboxylic acids is 3. The number of nitrogens with zero attached hydrogens (tertiary/aromatic N) is 1. The summed E-state index contributed by atoms with van der Waals surface area (Å²) >= 11 is 1.30. The molecule has 1 aromatic heterocycles. The van der Waals surface area contributed by atoms with Crippen LogP contribution in [0.25, 0.3) is 0 Å². The number of methoxy groups -OCH3 is 2. The Kier molecular flexibility index (Phi) is 9.90. The van der Waals surface area contributed by atoms with Crippen molar-refractivity contribution in [3.8, 4) is 5.75 Å². The van der Waals surface area contributed by atoms with Gasteiger partial charge in [0, 0.05) is 19.7 Å². The van der Waals surface area contributed by atoms with Gasteiger partial charge in [-0.2, -0.15) is 0 Å². The topological polar surface area (TPSA) is 97.0 Å². The van der Waals surface area contributed by atoms with Gasteiger partial charge in [0.1, 0.15) is 11.8 Å². The van der Waals surface area contributed by atoms with Gasteiger partial charge in [0.25, 0.3) is 5.91 Å². The lowest BCUT2D eigenvalue weighted by atomic mass is 9.94. The quantitative estimate of drug-likeness (QED) is 0.508. The van der Waals surface area contributed by atoms with Crippen molar-refractivity contribution in [1.29, 1.82) is 0 Å². The summed E-state index contributed by atoms with van der Waals surface area (Å²) in [6.07, 6.45) is 5.21. The molecule has 8 nitrogen and oxygen atoms in total. The van der Waals surface area contributed by atoms with Gasteiger partial charge < -0.3 is 25.0 Å². The highest BCUT2D eigenvalue weighted by Gasteiger charge is 2.33. The summed E-state index contributed by atoms with van der Waals surface area (Å²) in [5.41, 5.74) is 0.670. The predicted octanol–water partition coefficient (Wildman–Crippen LogP) is 3.15. The van der Waals surface area contributed by atoms with E-state index in [1.54, 1.807) is 56.0 Å². The molecule has 1 unspecified atom stereocenters. The normalized spacial score (nSPS) is 14.8. The minimum Gasteiger partial charge on any atom is -0.497 e. The van der Waals surface area contributed by atoms with Gasteiger partial charge in [-0.25, -0.2) is 0 Å². The van der Waals surface area contributed by atoms with Crippen LogP contribution in [0.15, 0.2) is 41.8 Å². The molecule has 0 saturated heterocycles. The van der Waals surface area contributed by atoms with Crippen molar-refractivity contribution in [1.82, 2.24) is 15.5 Å². The molecule has 3 amide bonds. The van der Waals surface area contributed by atoms with E-state index in [9.17, 15) is 14.4 Å². The van der Waals surface area contributed by atoms with Crippen LogP contribution in [0.3, 0.4) is 0 Å². The maximum Gasteiger partial charge on any atom is 0.261 e. The van der Waals surface area contributed by atoms with Gasteiger partial charge in [-0.3, -0.25) is 14.4 Å². The zero-order chi connectivity index (χ0) is 24.3. The van der Waals surface area contributed by atoms with Crippen LogP contribution in [-0.4, -0.2) is 62.6 Å². The Hall–Kier alpha value is -2.91. The highest BCUT2D eigenvalue weighted by Crippen LogP contribution is 2.26. The number of hydrogen-bond donors (Lipinski definition) is 2. The van der Waals surface area contributed by atoms with E-state index in [0.717, 1.165) is 25.7 Å². The van der Waals surface area contributed by atoms with E-state index in [1.807, 2.05) is 0 Å². The summed E-state index contributed by atoms with van der Waals surface area (Å²) in [5.74, 6) is -0.247. The molecule has 1 heterocycles. The first kappa shape index (κ1) is 25.7. The van der Waals surface area contributed by atoms with Crippen molar-refractivity contribution < 1.29 is 23.9 Å². The Morgan fingerprint density at radius 3 is 2.44 bits per heavy atom. The molecule has 9 heteroatoms. The molecule has 184 valence electrons. The number of benzene rings is 1. The minimum atomic E-state index is -0.853. The Bertz CT molecular complexity index is 927. The van der Waals surface area contributed by atoms with Crippen LogP contribution < -0.4 is 15.4 Å². The number of hydrogen-bond acceptors (Lipinski definition) is 6. The molecule has 1 aliphatic carbocycles. The molecule has 0 spiro atoms. The van der Waals surface area contributed by atoms with Gasteiger partial charge in [0.05, 0.1) is 25.1 Å². The van der Waals surface area contributed by atoms with Gasteiger partial charge in [-0.15, -0.1) is 11.3 Å². The first-order chi connectivity index (χ1) is 16.5. The Morgan fingerprint density at radius 1 is 1.09 bits per heavy atom. The molecular formula is C25H33N3O5S. The van der Waals surface area contributed by atoms with E-state index in [4.69, 9.17) is 9.47 Å². The minimum absolute atomic E-state index is 0.0971. The molecular weight excluding hydrogens is 454 g/mol.